The summed E-state index contributed by atoms with van der Waals surface area (Å²) in [6, 6.07) is 7.11. The van der Waals surface area contributed by atoms with Gasteiger partial charge < -0.3 is 19.5 Å². The molecule has 2 aliphatic rings. The summed E-state index contributed by atoms with van der Waals surface area (Å²) in [5.41, 5.74) is -0.409. The number of carbonyl (C=O) groups excluding carboxylic acids is 1. The third kappa shape index (κ3) is 2.86. The van der Waals surface area contributed by atoms with Crippen LogP contribution in [-0.2, 0) is 9.53 Å². The number of carboxylic acid groups (broad SMARTS) is 1. The summed E-state index contributed by atoms with van der Waals surface area (Å²) in [4.78, 5) is 26.5. The van der Waals surface area contributed by atoms with E-state index in [1.54, 1.807) is 23.1 Å². The lowest BCUT2D eigenvalue weighted by atomic mass is 9.74. The molecule has 0 bridgehead atoms. The summed E-state index contributed by atoms with van der Waals surface area (Å²) in [6.45, 7) is 5.26. The molecule has 0 aromatic heterocycles. The second kappa shape index (κ2) is 6.43. The van der Waals surface area contributed by atoms with Crippen LogP contribution in [0.3, 0.4) is 0 Å². The molecule has 2 fully saturated rings. The standard InChI is InChI=1S/C18H23NO5/c1-12(2)24-15-6-4-3-5-14(15)16(20)19-9-13-10-23-8-7-18(13,11-19)17(21)22/h3-6,12-13H,7-11H2,1-2H3,(H,21,22)/t13-,18+/m0/s1. The molecule has 1 aromatic rings. The zero-order valence-electron chi connectivity index (χ0n) is 14.0. The molecule has 1 aromatic carbocycles. The van der Waals surface area contributed by atoms with Crippen molar-refractivity contribution in [1.29, 1.82) is 0 Å². The average molecular weight is 333 g/mol. The van der Waals surface area contributed by atoms with Crippen molar-refractivity contribution in [1.82, 2.24) is 4.90 Å². The van der Waals surface area contributed by atoms with Crippen LogP contribution in [0.25, 0.3) is 0 Å². The number of carbonyl (C=O) groups is 2. The highest BCUT2D eigenvalue weighted by Gasteiger charge is 2.55. The quantitative estimate of drug-likeness (QED) is 0.912. The van der Waals surface area contributed by atoms with Gasteiger partial charge in [-0.15, -0.1) is 0 Å². The number of hydrogen-bond donors (Lipinski definition) is 1. The smallest absolute Gasteiger partial charge is 0.311 e. The molecule has 0 unspecified atom stereocenters. The molecule has 0 aliphatic carbocycles. The molecule has 0 radical (unpaired) electrons. The molecule has 24 heavy (non-hydrogen) atoms. The highest BCUT2D eigenvalue weighted by molar-refractivity contribution is 5.97. The highest BCUT2D eigenvalue weighted by atomic mass is 16.5. The minimum absolute atomic E-state index is 0.0427. The minimum atomic E-state index is -0.887. The van der Waals surface area contributed by atoms with Crippen LogP contribution in [0.5, 0.6) is 5.75 Å². The zero-order chi connectivity index (χ0) is 17.3. The number of aliphatic carboxylic acids is 1. The van der Waals surface area contributed by atoms with E-state index >= 15 is 0 Å². The van der Waals surface area contributed by atoms with Gasteiger partial charge in [-0.3, -0.25) is 9.59 Å². The zero-order valence-corrected chi connectivity index (χ0v) is 14.0. The van der Waals surface area contributed by atoms with Crippen LogP contribution in [0.15, 0.2) is 24.3 Å². The van der Waals surface area contributed by atoms with Crippen LogP contribution >= 0.6 is 0 Å². The van der Waals surface area contributed by atoms with Gasteiger partial charge in [-0.05, 0) is 32.4 Å². The Hall–Kier alpha value is -2.08. The fraction of sp³-hybridized carbons (Fsp3) is 0.556. The maximum atomic E-state index is 13.0. The van der Waals surface area contributed by atoms with Gasteiger partial charge in [0.15, 0.2) is 0 Å². The molecule has 130 valence electrons. The Bertz CT molecular complexity index is 644. The van der Waals surface area contributed by atoms with Gasteiger partial charge in [0.25, 0.3) is 5.91 Å². The number of amides is 1. The Morgan fingerprint density at radius 1 is 1.38 bits per heavy atom. The van der Waals surface area contributed by atoms with Crippen molar-refractivity contribution in [2.24, 2.45) is 11.3 Å². The number of ether oxygens (including phenoxy) is 2. The fourth-order valence-corrected chi connectivity index (χ4v) is 3.62. The van der Waals surface area contributed by atoms with Crippen LogP contribution in [0, 0.1) is 11.3 Å². The van der Waals surface area contributed by atoms with E-state index in [4.69, 9.17) is 9.47 Å². The second-order valence-electron chi connectivity index (χ2n) is 6.83. The number of rotatable bonds is 4. The van der Waals surface area contributed by atoms with Gasteiger partial charge >= 0.3 is 5.97 Å². The van der Waals surface area contributed by atoms with Crippen molar-refractivity contribution in [2.75, 3.05) is 26.3 Å². The molecule has 1 N–H and O–H groups in total. The molecule has 3 rings (SSSR count). The average Bonchev–Trinajstić information content (AvgIpc) is 2.95. The summed E-state index contributed by atoms with van der Waals surface area (Å²) in [6.07, 6.45) is 0.403. The third-order valence-corrected chi connectivity index (χ3v) is 4.90. The monoisotopic (exact) mass is 333 g/mol. The van der Waals surface area contributed by atoms with Crippen molar-refractivity contribution in [3.8, 4) is 5.75 Å². The Balaban J connectivity index is 1.86. The molecule has 2 atom stereocenters. The van der Waals surface area contributed by atoms with E-state index in [0.29, 0.717) is 37.5 Å². The van der Waals surface area contributed by atoms with Gasteiger partial charge in [-0.1, -0.05) is 12.1 Å². The van der Waals surface area contributed by atoms with Crippen molar-refractivity contribution in [2.45, 2.75) is 26.4 Å². The van der Waals surface area contributed by atoms with Gasteiger partial charge in [-0.2, -0.15) is 0 Å². The highest BCUT2D eigenvalue weighted by Crippen LogP contribution is 2.43. The lowest BCUT2D eigenvalue weighted by molar-refractivity contribution is -0.157. The summed E-state index contributed by atoms with van der Waals surface area (Å²) in [5.74, 6) is -0.641. The molecular weight excluding hydrogens is 310 g/mol. The number of likely N-dealkylation sites (tertiary alicyclic amines) is 1. The van der Waals surface area contributed by atoms with Crippen LogP contribution in [0.4, 0.5) is 0 Å². The Labute approximate surface area is 141 Å². The van der Waals surface area contributed by atoms with E-state index in [1.807, 2.05) is 19.9 Å². The summed E-state index contributed by atoms with van der Waals surface area (Å²) >= 11 is 0. The first-order chi connectivity index (χ1) is 11.4. The topological polar surface area (TPSA) is 76.1 Å². The fourth-order valence-electron chi connectivity index (χ4n) is 3.62. The SMILES string of the molecule is CC(C)Oc1ccccc1C(=O)N1C[C@H]2COCC[C@@]2(C(=O)O)C1. The maximum Gasteiger partial charge on any atom is 0.311 e. The van der Waals surface area contributed by atoms with Gasteiger partial charge in [0.2, 0.25) is 0 Å². The summed E-state index contributed by atoms with van der Waals surface area (Å²) in [5, 5.41) is 9.72. The van der Waals surface area contributed by atoms with E-state index in [2.05, 4.69) is 0 Å². The first-order valence-electron chi connectivity index (χ1n) is 8.30. The van der Waals surface area contributed by atoms with E-state index in [1.165, 1.54) is 0 Å². The number of fused-ring (bicyclic) bond motifs is 1. The predicted molar refractivity (Wildman–Crippen MR) is 87.1 cm³/mol. The number of hydrogen-bond acceptors (Lipinski definition) is 4. The van der Waals surface area contributed by atoms with E-state index in [9.17, 15) is 14.7 Å². The Morgan fingerprint density at radius 2 is 2.12 bits per heavy atom. The second-order valence-corrected chi connectivity index (χ2v) is 6.83. The molecule has 0 spiro atoms. The van der Waals surface area contributed by atoms with Crippen LogP contribution < -0.4 is 4.74 Å². The minimum Gasteiger partial charge on any atom is -0.490 e. The lowest BCUT2D eigenvalue weighted by Gasteiger charge is -2.33. The van der Waals surface area contributed by atoms with Gasteiger partial charge in [0.05, 0.1) is 23.7 Å². The molecule has 2 heterocycles. The Morgan fingerprint density at radius 3 is 2.79 bits per heavy atom. The maximum absolute atomic E-state index is 13.0. The van der Waals surface area contributed by atoms with E-state index < -0.39 is 11.4 Å². The van der Waals surface area contributed by atoms with Gasteiger partial charge in [0.1, 0.15) is 5.75 Å². The number of nitrogens with zero attached hydrogens (tertiary/aromatic N) is 1. The molecule has 2 saturated heterocycles. The van der Waals surface area contributed by atoms with Crippen molar-refractivity contribution >= 4 is 11.9 Å². The number of para-hydroxylation sites is 1. The van der Waals surface area contributed by atoms with Crippen LogP contribution in [0.1, 0.15) is 30.6 Å². The summed E-state index contributed by atoms with van der Waals surface area (Å²) in [7, 11) is 0. The van der Waals surface area contributed by atoms with Crippen molar-refractivity contribution in [3.63, 3.8) is 0 Å². The van der Waals surface area contributed by atoms with E-state index in [-0.39, 0.29) is 24.5 Å². The van der Waals surface area contributed by atoms with E-state index in [0.717, 1.165) is 0 Å². The molecule has 2 aliphatic heterocycles. The molecular formula is C18H23NO5. The van der Waals surface area contributed by atoms with Crippen molar-refractivity contribution < 1.29 is 24.2 Å². The van der Waals surface area contributed by atoms with Crippen LogP contribution in [-0.4, -0.2) is 54.3 Å². The first kappa shape index (κ1) is 16.8. The molecule has 0 saturated carbocycles. The number of benzene rings is 1. The normalized spacial score (nSPS) is 26.3. The third-order valence-electron chi connectivity index (χ3n) is 4.90. The van der Waals surface area contributed by atoms with Crippen LogP contribution in [0.2, 0.25) is 0 Å². The largest absolute Gasteiger partial charge is 0.490 e. The predicted octanol–water partition coefficient (Wildman–Crippen LogP) is 2.04. The molecule has 6 nitrogen and oxygen atoms in total. The summed E-state index contributed by atoms with van der Waals surface area (Å²) < 4.78 is 11.2. The first-order valence-corrected chi connectivity index (χ1v) is 8.30. The Kier molecular flexibility index (Phi) is 4.49. The number of carboxylic acids is 1. The lowest BCUT2D eigenvalue weighted by Crippen LogP contribution is -2.45. The molecule has 1 amide bonds. The van der Waals surface area contributed by atoms with Crippen molar-refractivity contribution in [3.05, 3.63) is 29.8 Å². The van der Waals surface area contributed by atoms with Gasteiger partial charge in [-0.25, -0.2) is 0 Å². The molecule has 6 heteroatoms. The van der Waals surface area contributed by atoms with Gasteiger partial charge in [0, 0.05) is 25.6 Å².